The minimum atomic E-state index is -0.676. The molecule has 24 heavy (non-hydrogen) atoms. The molecule has 1 atom stereocenters. The van der Waals surface area contributed by atoms with E-state index >= 15 is 0 Å². The van der Waals surface area contributed by atoms with Gasteiger partial charge in [0.15, 0.2) is 0 Å². The van der Waals surface area contributed by atoms with Crippen molar-refractivity contribution in [3.63, 3.8) is 0 Å². The van der Waals surface area contributed by atoms with Crippen molar-refractivity contribution in [1.29, 1.82) is 0 Å². The lowest BCUT2D eigenvalue weighted by atomic mass is 10.2. The number of amides is 2. The third-order valence-electron chi connectivity index (χ3n) is 4.08. The summed E-state index contributed by atoms with van der Waals surface area (Å²) in [4.78, 5) is 18.5. The zero-order chi connectivity index (χ0) is 16.8. The fourth-order valence-electron chi connectivity index (χ4n) is 2.71. The first-order valence-electron chi connectivity index (χ1n) is 8.14. The fourth-order valence-corrected chi connectivity index (χ4v) is 3.41. The Balaban J connectivity index is 1.45. The topological polar surface area (TPSA) is 77.5 Å². The summed E-state index contributed by atoms with van der Waals surface area (Å²) in [6.07, 6.45) is 3.52. The molecule has 2 aromatic rings. The zero-order valence-electron chi connectivity index (χ0n) is 13.4. The Labute approximate surface area is 145 Å². The van der Waals surface area contributed by atoms with E-state index in [2.05, 4.69) is 20.5 Å². The Bertz CT molecular complexity index is 656. The maximum atomic E-state index is 11.9. The number of thiophene rings is 1. The number of nitrogens with zero attached hydrogens (tertiary/aromatic N) is 2. The van der Waals surface area contributed by atoms with E-state index in [1.165, 1.54) is 24.2 Å². The van der Waals surface area contributed by atoms with Gasteiger partial charge in [-0.3, -0.25) is 0 Å². The Morgan fingerprint density at radius 1 is 1.33 bits per heavy atom. The zero-order valence-corrected chi connectivity index (χ0v) is 14.3. The average molecular weight is 346 g/mol. The second-order valence-electron chi connectivity index (χ2n) is 5.85. The molecule has 3 rings (SSSR count). The minimum Gasteiger partial charge on any atom is -0.387 e. The van der Waals surface area contributed by atoms with E-state index in [1.807, 2.05) is 29.0 Å². The van der Waals surface area contributed by atoms with Crippen molar-refractivity contribution < 1.29 is 9.90 Å². The normalized spacial score (nSPS) is 15.3. The van der Waals surface area contributed by atoms with Crippen LogP contribution in [0.2, 0.25) is 0 Å². The summed E-state index contributed by atoms with van der Waals surface area (Å²) in [5.74, 6) is 0.972. The lowest BCUT2D eigenvalue weighted by Crippen LogP contribution is -2.37. The van der Waals surface area contributed by atoms with Gasteiger partial charge < -0.3 is 20.6 Å². The molecule has 3 heterocycles. The van der Waals surface area contributed by atoms with Gasteiger partial charge >= 0.3 is 6.03 Å². The van der Waals surface area contributed by atoms with Crippen molar-refractivity contribution in [3.05, 3.63) is 46.3 Å². The predicted molar refractivity (Wildman–Crippen MR) is 95.2 cm³/mol. The minimum absolute atomic E-state index is 0.192. The second kappa shape index (κ2) is 8.12. The van der Waals surface area contributed by atoms with Crippen LogP contribution in [0.3, 0.4) is 0 Å². The van der Waals surface area contributed by atoms with Crippen molar-refractivity contribution in [2.45, 2.75) is 25.5 Å². The van der Waals surface area contributed by atoms with Crippen LogP contribution < -0.4 is 15.5 Å². The molecule has 1 aliphatic rings. The van der Waals surface area contributed by atoms with Crippen molar-refractivity contribution in [2.24, 2.45) is 0 Å². The smallest absolute Gasteiger partial charge is 0.315 e. The largest absolute Gasteiger partial charge is 0.387 e. The van der Waals surface area contributed by atoms with Gasteiger partial charge in [0.05, 0.1) is 6.10 Å². The van der Waals surface area contributed by atoms with E-state index in [1.54, 1.807) is 6.20 Å². The number of anilines is 1. The van der Waals surface area contributed by atoms with Crippen LogP contribution in [0.4, 0.5) is 10.6 Å². The molecule has 1 fully saturated rings. The van der Waals surface area contributed by atoms with Crippen LogP contribution in [0.25, 0.3) is 0 Å². The van der Waals surface area contributed by atoms with Crippen LogP contribution in [0.5, 0.6) is 0 Å². The first-order valence-corrected chi connectivity index (χ1v) is 9.08. The molecule has 0 radical (unpaired) electrons. The Kier molecular flexibility index (Phi) is 5.66. The highest BCUT2D eigenvalue weighted by atomic mass is 32.1. The number of urea groups is 1. The number of pyridine rings is 1. The van der Waals surface area contributed by atoms with Gasteiger partial charge in [-0.15, -0.1) is 0 Å². The summed E-state index contributed by atoms with van der Waals surface area (Å²) in [6, 6.07) is 5.49. The quantitative estimate of drug-likeness (QED) is 0.750. The third-order valence-corrected chi connectivity index (χ3v) is 4.78. The molecule has 6 nitrogen and oxygen atoms in total. The predicted octanol–water partition coefficient (Wildman–Crippen LogP) is 2.28. The third kappa shape index (κ3) is 4.46. The number of aliphatic hydroxyl groups excluding tert-OH is 1. The van der Waals surface area contributed by atoms with Gasteiger partial charge in [0.2, 0.25) is 0 Å². The first kappa shape index (κ1) is 16.7. The molecular formula is C17H22N4O2S. The van der Waals surface area contributed by atoms with Crippen LogP contribution in [0.1, 0.15) is 30.1 Å². The Hall–Kier alpha value is -2.12. The molecule has 0 bridgehead atoms. The molecule has 2 amide bonds. The number of hydrogen-bond acceptors (Lipinski definition) is 5. The highest BCUT2D eigenvalue weighted by Crippen LogP contribution is 2.18. The molecule has 7 heteroatoms. The van der Waals surface area contributed by atoms with E-state index in [0.717, 1.165) is 30.0 Å². The summed E-state index contributed by atoms with van der Waals surface area (Å²) in [7, 11) is 0. The SMILES string of the molecule is O=C(NCc1ccnc(N2CCCC2)c1)NCC(O)c1ccsc1. The van der Waals surface area contributed by atoms with Crippen LogP contribution in [-0.4, -0.2) is 35.8 Å². The molecule has 0 spiro atoms. The van der Waals surface area contributed by atoms with Gasteiger partial charge in [-0.25, -0.2) is 9.78 Å². The number of hydrogen-bond donors (Lipinski definition) is 3. The summed E-state index contributed by atoms with van der Waals surface area (Å²) >= 11 is 1.52. The van der Waals surface area contributed by atoms with Crippen LogP contribution in [0, 0.1) is 0 Å². The Morgan fingerprint density at radius 3 is 2.92 bits per heavy atom. The maximum absolute atomic E-state index is 11.9. The van der Waals surface area contributed by atoms with Crippen molar-refractivity contribution in [2.75, 3.05) is 24.5 Å². The number of nitrogens with one attached hydrogen (secondary N) is 2. The molecule has 0 aromatic carbocycles. The highest BCUT2D eigenvalue weighted by Gasteiger charge is 2.14. The molecule has 0 saturated carbocycles. The number of aromatic nitrogens is 1. The molecule has 3 N–H and O–H groups in total. The van der Waals surface area contributed by atoms with Gasteiger partial charge in [-0.1, -0.05) is 0 Å². The van der Waals surface area contributed by atoms with Gasteiger partial charge in [-0.05, 0) is 52.9 Å². The summed E-state index contributed by atoms with van der Waals surface area (Å²) in [5, 5.41) is 19.2. The van der Waals surface area contributed by atoms with Gasteiger partial charge in [0, 0.05) is 32.4 Å². The van der Waals surface area contributed by atoms with E-state index in [4.69, 9.17) is 0 Å². The van der Waals surface area contributed by atoms with Crippen molar-refractivity contribution in [1.82, 2.24) is 15.6 Å². The first-order chi connectivity index (χ1) is 11.7. The number of aliphatic hydroxyl groups is 1. The number of carbonyl (C=O) groups is 1. The van der Waals surface area contributed by atoms with Crippen molar-refractivity contribution >= 4 is 23.2 Å². The number of rotatable bonds is 6. The lowest BCUT2D eigenvalue weighted by Gasteiger charge is -2.17. The fraction of sp³-hybridized carbons (Fsp3) is 0.412. The highest BCUT2D eigenvalue weighted by molar-refractivity contribution is 7.07. The molecular weight excluding hydrogens is 324 g/mol. The van der Waals surface area contributed by atoms with Crippen molar-refractivity contribution in [3.8, 4) is 0 Å². The molecule has 0 aliphatic carbocycles. The lowest BCUT2D eigenvalue weighted by molar-refractivity contribution is 0.173. The Morgan fingerprint density at radius 2 is 2.17 bits per heavy atom. The molecule has 1 saturated heterocycles. The summed E-state index contributed by atoms with van der Waals surface area (Å²) in [6.45, 7) is 2.72. The van der Waals surface area contributed by atoms with Crippen LogP contribution in [0.15, 0.2) is 35.2 Å². The van der Waals surface area contributed by atoms with Crippen LogP contribution >= 0.6 is 11.3 Å². The monoisotopic (exact) mass is 346 g/mol. The number of carbonyl (C=O) groups excluding carboxylic acids is 1. The summed E-state index contributed by atoms with van der Waals surface area (Å²) < 4.78 is 0. The maximum Gasteiger partial charge on any atom is 0.315 e. The van der Waals surface area contributed by atoms with E-state index in [9.17, 15) is 9.90 Å². The molecule has 2 aromatic heterocycles. The molecule has 1 aliphatic heterocycles. The molecule has 1 unspecified atom stereocenters. The van der Waals surface area contributed by atoms with Gasteiger partial charge in [0.25, 0.3) is 0 Å². The average Bonchev–Trinajstić information content (AvgIpc) is 3.31. The second-order valence-corrected chi connectivity index (χ2v) is 6.63. The molecule has 128 valence electrons. The van der Waals surface area contributed by atoms with E-state index < -0.39 is 6.10 Å². The van der Waals surface area contributed by atoms with E-state index in [-0.39, 0.29) is 12.6 Å². The van der Waals surface area contributed by atoms with Crippen LogP contribution in [-0.2, 0) is 6.54 Å². The van der Waals surface area contributed by atoms with Gasteiger partial charge in [0.1, 0.15) is 5.82 Å². The summed E-state index contributed by atoms with van der Waals surface area (Å²) in [5.41, 5.74) is 1.84. The van der Waals surface area contributed by atoms with E-state index in [0.29, 0.717) is 6.54 Å². The van der Waals surface area contributed by atoms with Gasteiger partial charge in [-0.2, -0.15) is 11.3 Å². The standard InChI is InChI=1S/C17H22N4O2S/c22-15(14-4-8-24-12-14)11-20-17(23)19-10-13-3-5-18-16(9-13)21-6-1-2-7-21/h3-5,8-9,12,15,22H,1-2,6-7,10-11H2,(H2,19,20,23).